The van der Waals surface area contributed by atoms with E-state index < -0.39 is 0 Å². The van der Waals surface area contributed by atoms with Crippen molar-refractivity contribution in [3.05, 3.63) is 70.5 Å². The molecule has 0 aliphatic carbocycles. The third-order valence-corrected chi connectivity index (χ3v) is 4.86. The van der Waals surface area contributed by atoms with E-state index in [1.807, 2.05) is 49.4 Å². The molecule has 1 unspecified atom stereocenters. The first-order valence-electron chi connectivity index (χ1n) is 8.86. The Kier molecular flexibility index (Phi) is 5.54. The number of para-hydroxylation sites is 2. The Morgan fingerprint density at radius 1 is 1.19 bits per heavy atom. The summed E-state index contributed by atoms with van der Waals surface area (Å²) < 4.78 is 7.11. The number of nitrogens with zero attached hydrogens (tertiary/aromatic N) is 3. The van der Waals surface area contributed by atoms with E-state index in [2.05, 4.69) is 5.10 Å². The highest BCUT2D eigenvalue weighted by atomic mass is 16.5. The minimum atomic E-state index is -0.118. The van der Waals surface area contributed by atoms with Crippen LogP contribution in [-0.2, 0) is 11.3 Å². The van der Waals surface area contributed by atoms with Gasteiger partial charge in [-0.2, -0.15) is 5.10 Å². The van der Waals surface area contributed by atoms with Crippen molar-refractivity contribution in [2.45, 2.75) is 25.9 Å². The second kappa shape index (κ2) is 8.03. The van der Waals surface area contributed by atoms with Crippen molar-refractivity contribution >= 4 is 16.8 Å². The summed E-state index contributed by atoms with van der Waals surface area (Å²) in [4.78, 5) is 26.3. The number of benzene rings is 2. The molecule has 0 spiro atoms. The molecule has 0 aliphatic rings. The Morgan fingerprint density at radius 3 is 2.67 bits per heavy atom. The smallest absolute Gasteiger partial charge is 0.224 e. The Labute approximate surface area is 158 Å². The van der Waals surface area contributed by atoms with Gasteiger partial charge in [-0.1, -0.05) is 30.3 Å². The van der Waals surface area contributed by atoms with E-state index in [-0.39, 0.29) is 23.8 Å². The van der Waals surface area contributed by atoms with Crippen molar-refractivity contribution in [3.8, 4) is 5.75 Å². The predicted molar refractivity (Wildman–Crippen MR) is 105 cm³/mol. The monoisotopic (exact) mass is 365 g/mol. The average molecular weight is 365 g/mol. The van der Waals surface area contributed by atoms with Crippen LogP contribution in [0.15, 0.2) is 59.5 Å². The Bertz CT molecular complexity index is 1010. The normalized spacial score (nSPS) is 12.0. The molecular formula is C21H23N3O3. The van der Waals surface area contributed by atoms with Crippen LogP contribution < -0.4 is 10.2 Å². The molecule has 1 aromatic heterocycles. The summed E-state index contributed by atoms with van der Waals surface area (Å²) in [5, 5.41) is 4.79. The standard InChI is InChI=1S/C21H23N3O3/c1-15(16-8-5-7-11-20(16)27-3)23(2)21(26)12-13-24-18-10-6-4-9-17(18)19(25)14-22-24/h4-11,14-15H,12-13H2,1-3H3. The van der Waals surface area contributed by atoms with Crippen LogP contribution in [0.4, 0.5) is 0 Å². The zero-order chi connectivity index (χ0) is 19.4. The van der Waals surface area contributed by atoms with Gasteiger partial charge in [0.15, 0.2) is 0 Å². The maximum Gasteiger partial charge on any atom is 0.224 e. The van der Waals surface area contributed by atoms with Crippen LogP contribution in [0.2, 0.25) is 0 Å². The molecule has 6 nitrogen and oxygen atoms in total. The number of ether oxygens (including phenoxy) is 1. The number of rotatable bonds is 6. The minimum absolute atomic E-state index is 0.00186. The van der Waals surface area contributed by atoms with Crippen LogP contribution in [0.1, 0.15) is 24.9 Å². The number of hydrogen-bond donors (Lipinski definition) is 0. The highest BCUT2D eigenvalue weighted by Crippen LogP contribution is 2.28. The highest BCUT2D eigenvalue weighted by molar-refractivity contribution is 5.79. The SMILES string of the molecule is COc1ccccc1C(C)N(C)C(=O)CCn1ncc(=O)c2ccccc21. The van der Waals surface area contributed by atoms with E-state index >= 15 is 0 Å². The molecule has 0 fully saturated rings. The van der Waals surface area contributed by atoms with E-state index in [1.165, 1.54) is 6.20 Å². The lowest BCUT2D eigenvalue weighted by Crippen LogP contribution is -2.30. The fourth-order valence-electron chi connectivity index (χ4n) is 3.15. The predicted octanol–water partition coefficient (Wildman–Crippen LogP) is 3.01. The van der Waals surface area contributed by atoms with E-state index in [1.54, 1.807) is 29.8 Å². The van der Waals surface area contributed by atoms with Crippen molar-refractivity contribution < 1.29 is 9.53 Å². The number of carbonyl (C=O) groups excluding carboxylic acids is 1. The molecule has 6 heteroatoms. The van der Waals surface area contributed by atoms with Gasteiger partial charge in [0.1, 0.15) is 5.75 Å². The second-order valence-corrected chi connectivity index (χ2v) is 6.42. The summed E-state index contributed by atoms with van der Waals surface area (Å²) in [7, 11) is 3.41. The number of hydrogen-bond acceptors (Lipinski definition) is 4. The van der Waals surface area contributed by atoms with Gasteiger partial charge >= 0.3 is 0 Å². The van der Waals surface area contributed by atoms with Gasteiger partial charge < -0.3 is 9.64 Å². The number of fused-ring (bicyclic) bond motifs is 1. The third kappa shape index (κ3) is 3.84. The number of aryl methyl sites for hydroxylation is 1. The number of aromatic nitrogens is 2. The molecule has 27 heavy (non-hydrogen) atoms. The molecular weight excluding hydrogens is 342 g/mol. The maximum atomic E-state index is 12.7. The van der Waals surface area contributed by atoms with Crippen LogP contribution in [-0.4, -0.2) is 34.7 Å². The minimum Gasteiger partial charge on any atom is -0.496 e. The molecule has 0 saturated heterocycles. The highest BCUT2D eigenvalue weighted by Gasteiger charge is 2.20. The van der Waals surface area contributed by atoms with Crippen LogP contribution >= 0.6 is 0 Å². The summed E-state index contributed by atoms with van der Waals surface area (Å²) in [5.41, 5.74) is 1.58. The molecule has 3 aromatic rings. The quantitative estimate of drug-likeness (QED) is 0.674. The first kappa shape index (κ1) is 18.6. The fourth-order valence-corrected chi connectivity index (χ4v) is 3.15. The zero-order valence-electron chi connectivity index (χ0n) is 15.8. The molecule has 0 saturated carbocycles. The van der Waals surface area contributed by atoms with Gasteiger partial charge in [-0.3, -0.25) is 14.3 Å². The van der Waals surface area contributed by atoms with Crippen molar-refractivity contribution in [2.75, 3.05) is 14.2 Å². The lowest BCUT2D eigenvalue weighted by Gasteiger charge is -2.26. The van der Waals surface area contributed by atoms with Crippen LogP contribution in [0.3, 0.4) is 0 Å². The summed E-state index contributed by atoms with van der Waals surface area (Å²) in [6, 6.07) is 14.9. The Hall–Kier alpha value is -3.15. The molecule has 1 atom stereocenters. The van der Waals surface area contributed by atoms with Gasteiger partial charge in [-0.25, -0.2) is 0 Å². The van der Waals surface area contributed by atoms with Crippen LogP contribution in [0.5, 0.6) is 5.75 Å². The fraction of sp³-hybridized carbons (Fsp3) is 0.286. The van der Waals surface area contributed by atoms with Crippen LogP contribution in [0.25, 0.3) is 10.9 Å². The van der Waals surface area contributed by atoms with E-state index in [9.17, 15) is 9.59 Å². The Balaban J connectivity index is 1.74. The maximum absolute atomic E-state index is 12.7. The first-order chi connectivity index (χ1) is 13.0. The largest absolute Gasteiger partial charge is 0.496 e. The molecule has 0 bridgehead atoms. The molecule has 3 rings (SSSR count). The van der Waals surface area contributed by atoms with E-state index in [0.29, 0.717) is 11.9 Å². The van der Waals surface area contributed by atoms with Gasteiger partial charge in [-0.15, -0.1) is 0 Å². The molecule has 0 N–H and O–H groups in total. The van der Waals surface area contributed by atoms with Crippen molar-refractivity contribution in [2.24, 2.45) is 0 Å². The molecule has 0 radical (unpaired) electrons. The molecule has 0 aliphatic heterocycles. The summed E-state index contributed by atoms with van der Waals surface area (Å²) in [6.45, 7) is 2.38. The van der Waals surface area contributed by atoms with E-state index in [0.717, 1.165) is 16.8 Å². The second-order valence-electron chi connectivity index (χ2n) is 6.42. The van der Waals surface area contributed by atoms with Gasteiger partial charge in [0.25, 0.3) is 0 Å². The third-order valence-electron chi connectivity index (χ3n) is 4.86. The number of carbonyl (C=O) groups is 1. The van der Waals surface area contributed by atoms with E-state index in [4.69, 9.17) is 4.74 Å². The van der Waals surface area contributed by atoms with Crippen LogP contribution in [0, 0.1) is 0 Å². The molecule has 140 valence electrons. The topological polar surface area (TPSA) is 64.4 Å². The molecule has 1 heterocycles. The average Bonchev–Trinajstić information content (AvgIpc) is 2.72. The Morgan fingerprint density at radius 2 is 1.89 bits per heavy atom. The van der Waals surface area contributed by atoms with Gasteiger partial charge in [-0.05, 0) is 25.1 Å². The van der Waals surface area contributed by atoms with Gasteiger partial charge in [0, 0.05) is 24.4 Å². The van der Waals surface area contributed by atoms with Crippen molar-refractivity contribution in [1.29, 1.82) is 0 Å². The van der Waals surface area contributed by atoms with Gasteiger partial charge in [0.2, 0.25) is 11.3 Å². The lowest BCUT2D eigenvalue weighted by atomic mass is 10.1. The number of amides is 1. The zero-order valence-corrected chi connectivity index (χ0v) is 15.8. The summed E-state index contributed by atoms with van der Waals surface area (Å²) in [5.74, 6) is 0.760. The van der Waals surface area contributed by atoms with Crippen molar-refractivity contribution in [1.82, 2.24) is 14.7 Å². The first-order valence-corrected chi connectivity index (χ1v) is 8.86. The van der Waals surface area contributed by atoms with Crippen molar-refractivity contribution in [3.63, 3.8) is 0 Å². The molecule has 1 amide bonds. The van der Waals surface area contributed by atoms with Gasteiger partial charge in [0.05, 0.1) is 31.4 Å². The summed E-state index contributed by atoms with van der Waals surface area (Å²) >= 11 is 0. The summed E-state index contributed by atoms with van der Waals surface area (Å²) in [6.07, 6.45) is 1.59. The number of methoxy groups -OCH3 is 1. The molecule has 2 aromatic carbocycles. The lowest BCUT2D eigenvalue weighted by molar-refractivity contribution is -0.132.